The largest absolute Gasteiger partial charge is 0.309 e. The second-order valence-electron chi connectivity index (χ2n) is 28.5. The summed E-state index contributed by atoms with van der Waals surface area (Å²) in [7, 11) is 0. The molecule has 0 amide bonds. The maximum absolute atomic E-state index is 5.79. The quantitative estimate of drug-likeness (QED) is 0.160. The fourth-order valence-electron chi connectivity index (χ4n) is 17.4. The minimum absolute atomic E-state index is 0.0926. The number of fused-ring (bicyclic) bond motifs is 18. The highest BCUT2D eigenvalue weighted by Crippen LogP contribution is 2.53. The fourth-order valence-corrected chi connectivity index (χ4v) is 17.4. The van der Waals surface area contributed by atoms with Gasteiger partial charge in [-0.25, -0.2) is 4.98 Å². The van der Waals surface area contributed by atoms with E-state index in [4.69, 9.17) is 9.97 Å². The Kier molecular flexibility index (Phi) is 11.3. The number of para-hydroxylation sites is 3. The van der Waals surface area contributed by atoms with Crippen LogP contribution in [0.5, 0.6) is 0 Å². The molecule has 0 saturated heterocycles. The summed E-state index contributed by atoms with van der Waals surface area (Å²) in [5.74, 6) is 1.38. The Labute approximate surface area is 557 Å². The van der Waals surface area contributed by atoms with Gasteiger partial charge < -0.3 is 4.57 Å². The normalized spacial score (nSPS) is 14.4. The third kappa shape index (κ3) is 7.68. The first-order valence-corrected chi connectivity index (χ1v) is 33.7. The number of aromatic nitrogens is 5. The van der Waals surface area contributed by atoms with Crippen LogP contribution in [0.25, 0.3) is 161 Å². The Morgan fingerprint density at radius 2 is 0.573 bits per heavy atom. The minimum atomic E-state index is -0.114. The summed E-state index contributed by atoms with van der Waals surface area (Å²) in [6.45, 7) is 14.2. The lowest BCUT2D eigenvalue weighted by Gasteiger charge is -2.22. The van der Waals surface area contributed by atoms with Gasteiger partial charge in [0, 0.05) is 65.9 Å². The molecule has 454 valence electrons. The molecule has 4 aromatic heterocycles. The summed E-state index contributed by atoms with van der Waals surface area (Å²) in [6, 6.07) is 106. The van der Waals surface area contributed by atoms with Gasteiger partial charge in [0.15, 0.2) is 0 Å². The summed E-state index contributed by atoms with van der Waals surface area (Å²) in [5.41, 5.74) is 32.5. The molecule has 0 aliphatic heterocycles. The maximum Gasteiger partial charge on any atom is 0.237 e. The second kappa shape index (κ2) is 19.7. The molecular formula is C91H65N5. The lowest BCUT2D eigenvalue weighted by Crippen LogP contribution is -2.14. The van der Waals surface area contributed by atoms with E-state index in [1.165, 1.54) is 111 Å². The van der Waals surface area contributed by atoms with Crippen molar-refractivity contribution >= 4 is 65.4 Å². The van der Waals surface area contributed by atoms with Crippen LogP contribution in [0.1, 0.15) is 74.9 Å². The molecule has 0 fully saturated rings. The highest BCUT2D eigenvalue weighted by molar-refractivity contribution is 6.13. The molecule has 5 nitrogen and oxygen atoms in total. The van der Waals surface area contributed by atoms with E-state index in [1.54, 1.807) is 0 Å². The zero-order chi connectivity index (χ0) is 64.1. The Balaban J connectivity index is 0.761. The van der Waals surface area contributed by atoms with Crippen LogP contribution in [0.15, 0.2) is 285 Å². The molecule has 0 saturated carbocycles. The smallest absolute Gasteiger partial charge is 0.237 e. The van der Waals surface area contributed by atoms with Gasteiger partial charge in [0.25, 0.3) is 0 Å². The number of hydrogen-bond acceptors (Lipinski definition) is 2. The van der Waals surface area contributed by atoms with E-state index in [9.17, 15) is 0 Å². The molecule has 0 spiro atoms. The lowest BCUT2D eigenvalue weighted by molar-refractivity contribution is 0.660. The van der Waals surface area contributed by atoms with Crippen molar-refractivity contribution in [3.05, 3.63) is 318 Å². The average Bonchev–Trinajstić information content (AvgIpc) is 1.58. The summed E-state index contributed by atoms with van der Waals surface area (Å²) < 4.78 is 7.08. The molecule has 0 atom stereocenters. The summed E-state index contributed by atoms with van der Waals surface area (Å²) >= 11 is 0. The minimum Gasteiger partial charge on any atom is -0.309 e. The zero-order valence-electron chi connectivity index (χ0n) is 54.4. The predicted octanol–water partition coefficient (Wildman–Crippen LogP) is 23.4. The van der Waals surface area contributed by atoms with Gasteiger partial charge in [-0.2, -0.15) is 4.98 Å². The van der Waals surface area contributed by atoms with Crippen LogP contribution < -0.4 is 0 Å². The molecule has 96 heavy (non-hydrogen) atoms. The van der Waals surface area contributed by atoms with E-state index < -0.39 is 0 Å². The second-order valence-corrected chi connectivity index (χ2v) is 28.5. The van der Waals surface area contributed by atoms with Gasteiger partial charge in [-0.05, 0) is 185 Å². The van der Waals surface area contributed by atoms with Gasteiger partial charge in [0.1, 0.15) is 5.82 Å². The summed E-state index contributed by atoms with van der Waals surface area (Å²) in [5, 5.41) is 7.04. The van der Waals surface area contributed by atoms with Crippen LogP contribution >= 0.6 is 0 Å². The van der Waals surface area contributed by atoms with E-state index in [-0.39, 0.29) is 16.2 Å². The number of rotatable bonds is 7. The highest BCUT2D eigenvalue weighted by Gasteiger charge is 2.38. The van der Waals surface area contributed by atoms with Gasteiger partial charge in [-0.15, -0.1) is 0 Å². The third-order valence-corrected chi connectivity index (χ3v) is 22.3. The number of nitrogens with zero attached hydrogens (tertiary/aromatic N) is 5. The molecule has 0 bridgehead atoms. The molecule has 0 unspecified atom stereocenters. The van der Waals surface area contributed by atoms with Gasteiger partial charge in [-0.3, -0.25) is 9.13 Å². The topological polar surface area (TPSA) is 40.6 Å². The molecule has 3 aliphatic rings. The molecule has 4 heterocycles. The van der Waals surface area contributed by atoms with Crippen molar-refractivity contribution in [3.8, 4) is 95.5 Å². The van der Waals surface area contributed by atoms with E-state index in [2.05, 4.69) is 340 Å². The average molecular weight is 1230 g/mol. The van der Waals surface area contributed by atoms with Crippen molar-refractivity contribution in [1.29, 1.82) is 0 Å². The number of hydrogen-bond donors (Lipinski definition) is 0. The van der Waals surface area contributed by atoms with E-state index in [0.29, 0.717) is 5.95 Å². The van der Waals surface area contributed by atoms with Crippen molar-refractivity contribution < 1.29 is 0 Å². The molecule has 0 N–H and O–H groups in total. The maximum atomic E-state index is 5.79. The predicted molar refractivity (Wildman–Crippen MR) is 399 cm³/mol. The molecule has 20 rings (SSSR count). The van der Waals surface area contributed by atoms with E-state index in [1.807, 2.05) is 0 Å². The monoisotopic (exact) mass is 1230 g/mol. The van der Waals surface area contributed by atoms with E-state index in [0.717, 1.165) is 77.4 Å². The van der Waals surface area contributed by atoms with Crippen molar-refractivity contribution in [2.45, 2.75) is 57.8 Å². The van der Waals surface area contributed by atoms with Crippen molar-refractivity contribution in [2.75, 3.05) is 0 Å². The Morgan fingerprint density at radius 1 is 0.229 bits per heavy atom. The van der Waals surface area contributed by atoms with Crippen molar-refractivity contribution in [2.24, 2.45) is 0 Å². The zero-order valence-corrected chi connectivity index (χ0v) is 54.4. The van der Waals surface area contributed by atoms with Crippen LogP contribution in [0.4, 0.5) is 0 Å². The van der Waals surface area contributed by atoms with Crippen molar-refractivity contribution in [3.63, 3.8) is 0 Å². The first kappa shape index (κ1) is 54.9. The first-order valence-electron chi connectivity index (χ1n) is 33.7. The van der Waals surface area contributed by atoms with Crippen LogP contribution in [-0.4, -0.2) is 23.7 Å². The van der Waals surface area contributed by atoms with Gasteiger partial charge in [0.05, 0.1) is 38.8 Å². The molecular weight excluding hydrogens is 1160 g/mol. The van der Waals surface area contributed by atoms with Crippen molar-refractivity contribution in [1.82, 2.24) is 23.7 Å². The lowest BCUT2D eigenvalue weighted by atomic mass is 9.81. The fraction of sp³-hybridized carbons (Fsp3) is 0.0989. The Hall–Kier alpha value is -11.7. The van der Waals surface area contributed by atoms with Crippen LogP contribution in [0, 0.1) is 0 Å². The van der Waals surface area contributed by atoms with Crippen LogP contribution in [0.3, 0.4) is 0 Å². The molecule has 3 aliphatic carbocycles. The van der Waals surface area contributed by atoms with Crippen LogP contribution in [-0.2, 0) is 16.2 Å². The standard InChI is InChI=1S/C91H65N5/c1-89(2)74-28-13-7-22-62(74)65-40-34-57(50-77(65)89)54-37-43-84-71(47-54)68-25-10-16-31-81(68)94(84)61-21-19-20-60(46-61)80-53-87(95-82-32-17-11-26-69(82)72-48-55(38-44-85(72)95)58-35-41-66-63-23-8-14-29-75(63)90(3,4)78(66)51-58)93-88(92-80)96-83-33-18-12-27-70(83)73-49-56(39-45-86(73)96)59-36-42-67-64-24-9-15-30-76(64)91(5,6)79(67)52-59/h7-53H,1-6H3. The SMILES string of the molecule is CC1(C)c2ccccc2-c2ccc(-c3ccc4c(c3)c3ccccc3n4-c3cccc(-c4cc(-n5c6ccccc6c6cc(-c7ccc8c(c7)C(C)(C)c7ccccc7-8)ccc65)nc(-n5c6ccccc6c6cc(-c7ccc8c(c7)C(C)(C)c7ccccc7-8)ccc65)n4)c3)cc21. The number of benzene rings is 13. The summed E-state index contributed by atoms with van der Waals surface area (Å²) in [4.78, 5) is 11.5. The Morgan fingerprint density at radius 3 is 1.03 bits per heavy atom. The molecule has 13 aromatic carbocycles. The van der Waals surface area contributed by atoms with Gasteiger partial charge in [0.2, 0.25) is 5.95 Å². The van der Waals surface area contributed by atoms with Crippen LogP contribution in [0.2, 0.25) is 0 Å². The molecule has 5 heteroatoms. The molecule has 17 aromatic rings. The highest BCUT2D eigenvalue weighted by atomic mass is 15.2. The Bertz CT molecular complexity index is 6010. The molecule has 0 radical (unpaired) electrons. The van der Waals surface area contributed by atoms with E-state index >= 15 is 0 Å². The summed E-state index contributed by atoms with van der Waals surface area (Å²) in [6.07, 6.45) is 0. The van der Waals surface area contributed by atoms with Gasteiger partial charge in [-0.1, -0.05) is 236 Å². The third-order valence-electron chi connectivity index (χ3n) is 22.3. The van der Waals surface area contributed by atoms with Gasteiger partial charge >= 0.3 is 0 Å². The first-order chi connectivity index (χ1) is 46.8.